The van der Waals surface area contributed by atoms with Crippen molar-refractivity contribution in [3.05, 3.63) is 0 Å². The van der Waals surface area contributed by atoms with Crippen molar-refractivity contribution in [1.82, 2.24) is 0 Å². The van der Waals surface area contributed by atoms with Crippen molar-refractivity contribution < 1.29 is 13.8 Å². The van der Waals surface area contributed by atoms with Gasteiger partial charge in [-0.3, -0.25) is 0 Å². The SMILES string of the molecule is C1CCCCC1.C1CCCCC1.C1CCCCC1.C1CCCCC1.CC.CC.CC.CC.CC.O.O.[HH].[HH]. The Balaban J connectivity index is -0.0000000368. The molecular formula is C34H86O2. The summed E-state index contributed by atoms with van der Waals surface area (Å²) >= 11 is 0. The predicted octanol–water partition coefficient (Wildman–Crippen LogP) is 13.3. The van der Waals surface area contributed by atoms with Gasteiger partial charge in [0.05, 0.1) is 0 Å². The summed E-state index contributed by atoms with van der Waals surface area (Å²) in [6.07, 6.45) is 36.0. The van der Waals surface area contributed by atoms with Crippen LogP contribution in [-0.4, -0.2) is 11.0 Å². The highest BCUT2D eigenvalue weighted by molar-refractivity contribution is 4.52. The summed E-state index contributed by atoms with van der Waals surface area (Å²) in [7, 11) is 0. The molecule has 0 aliphatic heterocycles. The first kappa shape index (κ1) is 52.4. The summed E-state index contributed by atoms with van der Waals surface area (Å²) < 4.78 is 0. The van der Waals surface area contributed by atoms with Gasteiger partial charge in [0, 0.05) is 2.85 Å². The Bertz CT molecular complexity index is 132. The molecule has 2 heteroatoms. The Morgan fingerprint density at radius 2 is 0.194 bits per heavy atom. The zero-order chi connectivity index (χ0) is 27.0. The fourth-order valence-electron chi connectivity index (χ4n) is 4.24. The van der Waals surface area contributed by atoms with Crippen molar-refractivity contribution in [2.45, 2.75) is 223 Å². The van der Waals surface area contributed by atoms with Crippen LogP contribution in [0.4, 0.5) is 0 Å². The van der Waals surface area contributed by atoms with Crippen LogP contribution in [0.3, 0.4) is 0 Å². The van der Waals surface area contributed by atoms with Crippen molar-refractivity contribution in [3.63, 3.8) is 0 Å². The molecule has 0 saturated heterocycles. The van der Waals surface area contributed by atoms with Crippen LogP contribution in [0.1, 0.15) is 226 Å². The highest BCUT2D eigenvalue weighted by Crippen LogP contribution is 2.17. The van der Waals surface area contributed by atoms with Gasteiger partial charge in [-0.1, -0.05) is 223 Å². The molecule has 36 heavy (non-hydrogen) atoms. The zero-order valence-corrected chi connectivity index (χ0v) is 28.0. The van der Waals surface area contributed by atoms with Crippen LogP contribution in [0, 0.1) is 0 Å². The van der Waals surface area contributed by atoms with Gasteiger partial charge in [0.15, 0.2) is 0 Å². The maximum absolute atomic E-state index is 2.00. The molecule has 0 heterocycles. The van der Waals surface area contributed by atoms with Crippen LogP contribution < -0.4 is 0 Å². The smallest absolute Gasteiger partial charge is 0 e. The highest BCUT2D eigenvalue weighted by Gasteiger charge is 1.97. The minimum Gasteiger partial charge on any atom is -0.412 e. The van der Waals surface area contributed by atoms with Gasteiger partial charge in [-0.15, -0.1) is 0 Å². The summed E-state index contributed by atoms with van der Waals surface area (Å²) in [6.45, 7) is 20.0. The molecule has 2 nitrogen and oxygen atoms in total. The Morgan fingerprint density at radius 3 is 0.222 bits per heavy atom. The number of hydrogen-bond acceptors (Lipinski definition) is 0. The van der Waals surface area contributed by atoms with Crippen molar-refractivity contribution in [2.24, 2.45) is 0 Å². The van der Waals surface area contributed by atoms with E-state index in [9.17, 15) is 0 Å². The Labute approximate surface area is 237 Å². The lowest BCUT2D eigenvalue weighted by molar-refractivity contribution is 0.504. The van der Waals surface area contributed by atoms with Gasteiger partial charge < -0.3 is 11.0 Å². The predicted molar refractivity (Wildman–Crippen MR) is 179 cm³/mol. The molecule has 0 spiro atoms. The minimum atomic E-state index is 0. The Morgan fingerprint density at radius 1 is 0.167 bits per heavy atom. The molecule has 0 aromatic heterocycles. The monoisotopic (exact) mass is 527 g/mol. The summed E-state index contributed by atoms with van der Waals surface area (Å²) in [4.78, 5) is 0. The molecule has 4 aliphatic rings. The molecule has 0 bridgehead atoms. The molecular weight excluding hydrogens is 440 g/mol. The van der Waals surface area contributed by atoms with E-state index in [-0.39, 0.29) is 13.8 Å². The lowest BCUT2D eigenvalue weighted by Gasteiger charge is -2.05. The van der Waals surface area contributed by atoms with Crippen LogP contribution in [0.15, 0.2) is 0 Å². The molecule has 0 aromatic rings. The fraction of sp³-hybridized carbons (Fsp3) is 1.00. The molecule has 4 fully saturated rings. The zero-order valence-electron chi connectivity index (χ0n) is 28.0. The first-order valence-corrected chi connectivity index (χ1v) is 17.0. The first-order chi connectivity index (χ1) is 17.0. The van der Waals surface area contributed by atoms with Crippen LogP contribution in [-0.2, 0) is 0 Å². The molecule has 0 radical (unpaired) electrons. The van der Waals surface area contributed by atoms with Crippen molar-refractivity contribution in [2.75, 3.05) is 0 Å². The van der Waals surface area contributed by atoms with Crippen LogP contribution in [0.2, 0.25) is 0 Å². The average molecular weight is 527 g/mol. The summed E-state index contributed by atoms with van der Waals surface area (Å²) in [6, 6.07) is 0. The second-order valence-corrected chi connectivity index (χ2v) is 8.49. The third kappa shape index (κ3) is 64.2. The number of hydrogen-bond donors (Lipinski definition) is 0. The molecule has 4 aliphatic carbocycles. The molecule has 4 saturated carbocycles. The summed E-state index contributed by atoms with van der Waals surface area (Å²) in [5.74, 6) is 0. The second-order valence-electron chi connectivity index (χ2n) is 8.49. The Hall–Kier alpha value is -0.0800. The molecule has 0 atom stereocenters. The lowest BCUT2D eigenvalue weighted by atomic mass is 10.0. The molecule has 0 aromatic carbocycles. The van der Waals surface area contributed by atoms with Gasteiger partial charge in [-0.25, -0.2) is 0 Å². The standard InChI is InChI=1S/4C6H12.5C2H6.2H2O.2H2/c4*1-2-4-6-5-3-1;5*1-2;;;;/h4*1-6H2;5*1-2H3;2*1H2;2*1H. The summed E-state index contributed by atoms with van der Waals surface area (Å²) in [5, 5.41) is 0. The van der Waals surface area contributed by atoms with E-state index in [2.05, 4.69) is 0 Å². The average Bonchev–Trinajstić information content (AvgIpc) is 3.03. The molecule has 0 amide bonds. The minimum absolute atomic E-state index is 0. The number of rotatable bonds is 0. The van der Waals surface area contributed by atoms with E-state index < -0.39 is 0 Å². The third-order valence-electron chi connectivity index (χ3n) is 6.00. The maximum atomic E-state index is 2.00. The molecule has 4 N–H and O–H groups in total. The normalized spacial score (nSPS) is 16.8. The summed E-state index contributed by atoms with van der Waals surface area (Å²) in [5.41, 5.74) is 0. The van der Waals surface area contributed by atoms with E-state index in [0.717, 1.165) is 0 Å². The maximum Gasteiger partial charge on any atom is 0 e. The van der Waals surface area contributed by atoms with E-state index in [1.54, 1.807) is 0 Å². The van der Waals surface area contributed by atoms with Gasteiger partial charge >= 0.3 is 0 Å². The van der Waals surface area contributed by atoms with Crippen molar-refractivity contribution in [1.29, 1.82) is 0 Å². The lowest BCUT2D eigenvalue weighted by Crippen LogP contribution is -1.85. The highest BCUT2D eigenvalue weighted by atomic mass is 16.0. The molecule has 4 rings (SSSR count). The van der Waals surface area contributed by atoms with Gasteiger partial charge in [-0.05, 0) is 0 Å². The van der Waals surface area contributed by atoms with Gasteiger partial charge in [-0.2, -0.15) is 0 Å². The first-order valence-electron chi connectivity index (χ1n) is 17.0. The largest absolute Gasteiger partial charge is 0.412 e. The Kier molecular flexibility index (Phi) is 102. The fourth-order valence-corrected chi connectivity index (χ4v) is 4.24. The van der Waals surface area contributed by atoms with Gasteiger partial charge in [0.25, 0.3) is 0 Å². The topological polar surface area (TPSA) is 63.0 Å². The van der Waals surface area contributed by atoms with Gasteiger partial charge in [0.1, 0.15) is 0 Å². The van der Waals surface area contributed by atoms with E-state index >= 15 is 0 Å². The second kappa shape index (κ2) is 70.2. The molecule has 234 valence electrons. The third-order valence-corrected chi connectivity index (χ3v) is 6.00. The van der Waals surface area contributed by atoms with Crippen LogP contribution >= 0.6 is 0 Å². The van der Waals surface area contributed by atoms with Crippen LogP contribution in [0.5, 0.6) is 0 Å². The van der Waals surface area contributed by atoms with Crippen molar-refractivity contribution >= 4 is 0 Å². The van der Waals surface area contributed by atoms with Crippen LogP contribution in [0.25, 0.3) is 0 Å². The van der Waals surface area contributed by atoms with E-state index in [4.69, 9.17) is 0 Å². The molecule has 0 unspecified atom stereocenters. The van der Waals surface area contributed by atoms with E-state index in [1.165, 1.54) is 154 Å². The quantitative estimate of drug-likeness (QED) is 0.301. The van der Waals surface area contributed by atoms with Gasteiger partial charge in [0.2, 0.25) is 0 Å². The van der Waals surface area contributed by atoms with Crippen molar-refractivity contribution in [3.8, 4) is 0 Å². The van der Waals surface area contributed by atoms with E-state index in [0.29, 0.717) is 0 Å². The van der Waals surface area contributed by atoms with E-state index in [1.807, 2.05) is 69.2 Å².